The van der Waals surface area contributed by atoms with Crippen molar-refractivity contribution in [3.05, 3.63) is 60.3 Å². The van der Waals surface area contributed by atoms with Gasteiger partial charge in [0.1, 0.15) is 0 Å². The van der Waals surface area contributed by atoms with Gasteiger partial charge in [0, 0.05) is 31.6 Å². The smallest absolute Gasteiger partial charge is 0.271 e. The van der Waals surface area contributed by atoms with Gasteiger partial charge in [-0.15, -0.1) is 0 Å². The lowest BCUT2D eigenvalue weighted by Crippen LogP contribution is -2.18. The monoisotopic (exact) mass is 412 g/mol. The lowest BCUT2D eigenvalue weighted by Gasteiger charge is -2.12. The number of nitrogens with one attached hydrogen (secondary N) is 1. The molecule has 0 fully saturated rings. The second kappa shape index (κ2) is 7.88. The predicted molar refractivity (Wildman–Crippen MR) is 110 cm³/mol. The molecule has 3 rings (SSSR count). The molecular formula is C20H20N4O4S. The highest BCUT2D eigenvalue weighted by Gasteiger charge is 2.17. The predicted octanol–water partition coefficient (Wildman–Crippen LogP) is 1.90. The van der Waals surface area contributed by atoms with Gasteiger partial charge in [-0.05, 0) is 42.5 Å². The Hall–Kier alpha value is -3.46. The summed E-state index contributed by atoms with van der Waals surface area (Å²) in [5, 5.41) is 6.94. The number of hydrogen-bond donors (Lipinski definition) is 1. The molecule has 150 valence electrons. The molecular weight excluding hydrogens is 392 g/mol. The largest absolute Gasteiger partial charge is 0.354 e. The number of sulfone groups is 1. The van der Waals surface area contributed by atoms with Crippen LogP contribution in [-0.2, 0) is 14.6 Å². The van der Waals surface area contributed by atoms with Crippen LogP contribution in [-0.4, -0.2) is 50.9 Å². The summed E-state index contributed by atoms with van der Waals surface area (Å²) in [4.78, 5) is 24.7. The van der Waals surface area contributed by atoms with Crippen molar-refractivity contribution in [1.29, 1.82) is 0 Å². The van der Waals surface area contributed by atoms with Crippen LogP contribution in [0.1, 0.15) is 10.5 Å². The van der Waals surface area contributed by atoms with Crippen LogP contribution in [0.15, 0.2) is 59.5 Å². The summed E-state index contributed by atoms with van der Waals surface area (Å²) in [7, 11) is -0.144. The average Bonchev–Trinajstić information content (AvgIpc) is 3.17. The van der Waals surface area contributed by atoms with Crippen LogP contribution in [0.3, 0.4) is 0 Å². The van der Waals surface area contributed by atoms with E-state index in [2.05, 4.69) is 10.4 Å². The van der Waals surface area contributed by atoms with Crippen LogP contribution in [0.2, 0.25) is 0 Å². The fourth-order valence-corrected chi connectivity index (χ4v) is 3.42. The topological polar surface area (TPSA) is 101 Å². The van der Waals surface area contributed by atoms with Gasteiger partial charge >= 0.3 is 0 Å². The van der Waals surface area contributed by atoms with Crippen molar-refractivity contribution >= 4 is 27.8 Å². The molecule has 0 aliphatic heterocycles. The molecule has 0 radical (unpaired) electrons. The van der Waals surface area contributed by atoms with Gasteiger partial charge in [0.15, 0.2) is 15.5 Å². The van der Waals surface area contributed by atoms with Crippen LogP contribution in [0.5, 0.6) is 0 Å². The number of nitrogens with zero attached hydrogens (tertiary/aromatic N) is 3. The Morgan fingerprint density at radius 1 is 1.10 bits per heavy atom. The maximum Gasteiger partial charge on any atom is 0.271 e. The maximum absolute atomic E-state index is 12.1. The third kappa shape index (κ3) is 4.19. The maximum atomic E-state index is 12.1. The molecule has 8 nitrogen and oxygen atoms in total. The summed E-state index contributed by atoms with van der Waals surface area (Å²) >= 11 is 0. The number of hydrogen-bond acceptors (Lipinski definition) is 5. The number of aromatic nitrogens is 2. The quantitative estimate of drug-likeness (QED) is 0.623. The lowest BCUT2D eigenvalue weighted by atomic mass is 10.1. The zero-order valence-electron chi connectivity index (χ0n) is 16.2. The summed E-state index contributed by atoms with van der Waals surface area (Å²) < 4.78 is 25.0. The SMILES string of the molecule is CNC(=O)c1cc(-c2ccc(S(C)(=O)=O)cc2)n(-c2ccc(N(C)C=O)cc2)n1. The summed E-state index contributed by atoms with van der Waals surface area (Å²) in [5.41, 5.74) is 2.95. The number of carbonyl (C=O) groups excluding carboxylic acids is 2. The van der Waals surface area contributed by atoms with E-state index < -0.39 is 9.84 Å². The molecule has 2 aromatic carbocycles. The molecule has 29 heavy (non-hydrogen) atoms. The van der Waals surface area contributed by atoms with Crippen LogP contribution < -0.4 is 10.2 Å². The minimum Gasteiger partial charge on any atom is -0.354 e. The Morgan fingerprint density at radius 3 is 2.24 bits per heavy atom. The van der Waals surface area contributed by atoms with E-state index in [0.717, 1.165) is 6.26 Å². The molecule has 1 heterocycles. The summed E-state index contributed by atoms with van der Waals surface area (Å²) in [5.74, 6) is -0.338. The molecule has 0 saturated heterocycles. The van der Waals surface area contributed by atoms with Gasteiger partial charge in [-0.2, -0.15) is 5.10 Å². The minimum absolute atomic E-state index is 0.208. The first kappa shape index (κ1) is 20.3. The van der Waals surface area contributed by atoms with Crippen molar-refractivity contribution in [2.45, 2.75) is 4.90 Å². The van der Waals surface area contributed by atoms with Crippen molar-refractivity contribution in [3.8, 4) is 16.9 Å². The molecule has 0 aliphatic rings. The molecule has 2 amide bonds. The van der Waals surface area contributed by atoms with Crippen LogP contribution in [0, 0.1) is 0 Å². The van der Waals surface area contributed by atoms with Crippen LogP contribution in [0.25, 0.3) is 16.9 Å². The van der Waals surface area contributed by atoms with Crippen LogP contribution >= 0.6 is 0 Å². The van der Waals surface area contributed by atoms with Crippen molar-refractivity contribution in [2.75, 3.05) is 25.3 Å². The summed E-state index contributed by atoms with van der Waals surface area (Å²) in [6.07, 6.45) is 1.86. The number of rotatable bonds is 6. The van der Waals surface area contributed by atoms with Gasteiger partial charge in [0.2, 0.25) is 6.41 Å². The Morgan fingerprint density at radius 2 is 1.72 bits per heavy atom. The van der Waals surface area contributed by atoms with E-state index in [1.807, 2.05) is 0 Å². The number of benzene rings is 2. The Labute approximate surface area is 168 Å². The van der Waals surface area contributed by atoms with Crippen molar-refractivity contribution in [3.63, 3.8) is 0 Å². The molecule has 1 aromatic heterocycles. The highest BCUT2D eigenvalue weighted by molar-refractivity contribution is 7.90. The minimum atomic E-state index is -3.31. The van der Waals surface area contributed by atoms with Crippen molar-refractivity contribution in [2.24, 2.45) is 0 Å². The van der Waals surface area contributed by atoms with E-state index >= 15 is 0 Å². The van der Waals surface area contributed by atoms with Crippen LogP contribution in [0.4, 0.5) is 5.69 Å². The van der Waals surface area contributed by atoms with Crippen molar-refractivity contribution < 1.29 is 18.0 Å². The third-order valence-corrected chi connectivity index (χ3v) is 5.54. The molecule has 3 aromatic rings. The summed E-state index contributed by atoms with van der Waals surface area (Å²) in [6.45, 7) is 0. The zero-order valence-corrected chi connectivity index (χ0v) is 17.0. The van der Waals surface area contributed by atoms with Crippen molar-refractivity contribution in [1.82, 2.24) is 15.1 Å². The van der Waals surface area contributed by atoms with E-state index in [0.29, 0.717) is 29.0 Å². The first-order chi connectivity index (χ1) is 13.7. The zero-order chi connectivity index (χ0) is 21.2. The first-order valence-corrected chi connectivity index (χ1v) is 10.5. The molecule has 1 N–H and O–H groups in total. The first-order valence-electron chi connectivity index (χ1n) is 8.66. The van der Waals surface area contributed by atoms with Gasteiger partial charge < -0.3 is 10.2 Å². The second-order valence-corrected chi connectivity index (χ2v) is 8.45. The average molecular weight is 412 g/mol. The van der Waals surface area contributed by atoms with Gasteiger partial charge in [0.25, 0.3) is 5.91 Å². The number of amides is 2. The van der Waals surface area contributed by atoms with Gasteiger partial charge in [-0.25, -0.2) is 13.1 Å². The number of anilines is 1. The number of carbonyl (C=O) groups is 2. The Balaban J connectivity index is 2.10. The Bertz CT molecular complexity index is 1150. The summed E-state index contributed by atoms with van der Waals surface area (Å²) in [6, 6.07) is 15.1. The van der Waals surface area contributed by atoms with Gasteiger partial charge in [-0.3, -0.25) is 9.59 Å². The molecule has 0 atom stereocenters. The van der Waals surface area contributed by atoms with E-state index in [1.54, 1.807) is 54.2 Å². The Kier molecular flexibility index (Phi) is 5.51. The molecule has 9 heteroatoms. The molecule has 0 unspecified atom stereocenters. The molecule has 0 aliphatic carbocycles. The van der Waals surface area contributed by atoms with E-state index in [1.165, 1.54) is 24.1 Å². The van der Waals surface area contributed by atoms with Gasteiger partial charge in [-0.1, -0.05) is 12.1 Å². The van der Waals surface area contributed by atoms with E-state index in [9.17, 15) is 18.0 Å². The molecule has 0 bridgehead atoms. The van der Waals surface area contributed by atoms with E-state index in [4.69, 9.17) is 0 Å². The fraction of sp³-hybridized carbons (Fsp3) is 0.150. The molecule has 0 saturated carbocycles. The van der Waals surface area contributed by atoms with E-state index in [-0.39, 0.29) is 16.5 Å². The normalized spacial score (nSPS) is 11.1. The standard InChI is InChI=1S/C20H20N4O4S/c1-21-20(26)18-12-19(14-4-10-17(11-5-14)29(3,27)28)24(22-18)16-8-6-15(7-9-16)23(2)13-25/h4-13H,1-3H3,(H,21,26). The highest BCUT2D eigenvalue weighted by Crippen LogP contribution is 2.26. The third-order valence-electron chi connectivity index (χ3n) is 4.41. The second-order valence-electron chi connectivity index (χ2n) is 6.44. The lowest BCUT2D eigenvalue weighted by molar-refractivity contribution is -0.107. The molecule has 0 spiro atoms. The highest BCUT2D eigenvalue weighted by atomic mass is 32.2. The fourth-order valence-electron chi connectivity index (χ4n) is 2.79. The van der Waals surface area contributed by atoms with Gasteiger partial charge in [0.05, 0.1) is 16.3 Å².